The number of carbonyl (C=O) groups is 2. The minimum Gasteiger partial charge on any atom is -0.496 e. The first-order valence-electron chi connectivity index (χ1n) is 15.7. The molecule has 3 aromatic rings. The van der Waals surface area contributed by atoms with E-state index < -0.39 is 28.9 Å². The number of thiophene rings is 1. The van der Waals surface area contributed by atoms with Crippen molar-refractivity contribution in [3.05, 3.63) is 61.1 Å². The fraction of sp³-hybridized carbons (Fsp3) is 0.576. The monoisotopic (exact) mass is 641 g/mol. The molecule has 0 N–H and O–H groups in total. The highest BCUT2D eigenvalue weighted by Crippen LogP contribution is 2.35. The van der Waals surface area contributed by atoms with Crippen LogP contribution in [0, 0.1) is 6.92 Å². The zero-order valence-corrected chi connectivity index (χ0v) is 27.6. The Morgan fingerprint density at radius 1 is 1.09 bits per heavy atom. The summed E-state index contributed by atoms with van der Waals surface area (Å²) >= 11 is 1.05. The van der Waals surface area contributed by atoms with Crippen molar-refractivity contribution >= 4 is 33.4 Å². The van der Waals surface area contributed by atoms with Crippen molar-refractivity contribution in [3.8, 4) is 5.75 Å². The molecule has 0 spiro atoms. The normalized spacial score (nSPS) is 17.0. The summed E-state index contributed by atoms with van der Waals surface area (Å²) in [5.74, 6) is -0.252. The van der Waals surface area contributed by atoms with Gasteiger partial charge in [0.2, 0.25) is 5.91 Å². The number of carbonyl (C=O) groups excluding carboxylic acids is 2. The summed E-state index contributed by atoms with van der Waals surface area (Å²) in [6, 6.07) is 7.48. The van der Waals surface area contributed by atoms with Crippen LogP contribution >= 0.6 is 11.3 Å². The molecule has 2 aromatic heterocycles. The van der Waals surface area contributed by atoms with Crippen LogP contribution in [-0.2, 0) is 31.1 Å². The van der Waals surface area contributed by atoms with E-state index in [0.29, 0.717) is 55.3 Å². The molecule has 2 aliphatic heterocycles. The van der Waals surface area contributed by atoms with Gasteiger partial charge in [-0.15, -0.1) is 11.3 Å². The maximum absolute atomic E-state index is 14.6. The number of para-hydroxylation sites is 1. The Hall–Kier alpha value is -3.48. The molecule has 0 saturated carbocycles. The van der Waals surface area contributed by atoms with Crippen LogP contribution in [-0.4, -0.2) is 72.0 Å². The van der Waals surface area contributed by atoms with E-state index in [0.717, 1.165) is 40.7 Å². The van der Waals surface area contributed by atoms with Gasteiger partial charge in [-0.1, -0.05) is 18.2 Å². The van der Waals surface area contributed by atoms with Gasteiger partial charge in [-0.2, -0.15) is 0 Å². The number of nitrogens with zero attached hydrogens (tertiary/aromatic N) is 3. The van der Waals surface area contributed by atoms with Gasteiger partial charge < -0.3 is 23.8 Å². The number of aryl methyl sites for hydroxylation is 1. The van der Waals surface area contributed by atoms with Crippen LogP contribution in [0.3, 0.4) is 0 Å². The Bertz CT molecular complexity index is 1660. The van der Waals surface area contributed by atoms with Crippen molar-refractivity contribution in [2.75, 3.05) is 40.0 Å². The van der Waals surface area contributed by atoms with Gasteiger partial charge in [0.25, 0.3) is 5.56 Å². The number of fused-ring (bicyclic) bond motifs is 1. The predicted octanol–water partition coefficient (Wildman–Crippen LogP) is 4.40. The molecule has 0 unspecified atom stereocenters. The van der Waals surface area contributed by atoms with Crippen molar-refractivity contribution in [1.82, 2.24) is 14.0 Å². The first-order chi connectivity index (χ1) is 21.6. The average molecular weight is 642 g/mol. The lowest BCUT2D eigenvalue weighted by Crippen LogP contribution is -2.57. The van der Waals surface area contributed by atoms with Gasteiger partial charge in [0.15, 0.2) is 0 Å². The molecule has 5 rings (SSSR count). The molecule has 0 bridgehead atoms. The third-order valence-corrected chi connectivity index (χ3v) is 10.1. The predicted molar refractivity (Wildman–Crippen MR) is 171 cm³/mol. The fourth-order valence-electron chi connectivity index (χ4n) is 6.33. The zero-order valence-electron chi connectivity index (χ0n) is 26.8. The maximum Gasteiger partial charge on any atom is 0.348 e. The van der Waals surface area contributed by atoms with Gasteiger partial charge in [0.05, 0.1) is 31.8 Å². The molecule has 1 amide bonds. The number of benzene rings is 1. The summed E-state index contributed by atoms with van der Waals surface area (Å²) in [5.41, 5.74) is -1.57. The third kappa shape index (κ3) is 6.45. The van der Waals surface area contributed by atoms with Gasteiger partial charge >= 0.3 is 11.7 Å². The maximum atomic E-state index is 14.6. The number of aromatic nitrogens is 2. The van der Waals surface area contributed by atoms with Gasteiger partial charge in [-0.05, 0) is 71.4 Å². The van der Waals surface area contributed by atoms with E-state index in [1.54, 1.807) is 39.7 Å². The second-order valence-corrected chi connectivity index (χ2v) is 13.1. The molecular weight excluding hydrogens is 598 g/mol. The molecule has 2 fully saturated rings. The Morgan fingerprint density at radius 3 is 2.44 bits per heavy atom. The lowest BCUT2D eigenvalue weighted by molar-refractivity contribution is -0.140. The van der Waals surface area contributed by atoms with E-state index in [4.69, 9.17) is 18.9 Å². The van der Waals surface area contributed by atoms with Gasteiger partial charge in [0.1, 0.15) is 27.1 Å². The largest absolute Gasteiger partial charge is 0.496 e. The van der Waals surface area contributed by atoms with Crippen LogP contribution < -0.4 is 16.0 Å². The van der Waals surface area contributed by atoms with E-state index in [2.05, 4.69) is 0 Å². The molecule has 1 aromatic carbocycles. The number of likely N-dealkylation sites (tertiary alicyclic amines) is 1. The fourth-order valence-corrected chi connectivity index (χ4v) is 7.52. The topological polar surface area (TPSA) is 118 Å². The van der Waals surface area contributed by atoms with Crippen molar-refractivity contribution in [2.45, 2.75) is 84.1 Å². The number of amides is 1. The first-order valence-corrected chi connectivity index (χ1v) is 16.5. The van der Waals surface area contributed by atoms with Gasteiger partial charge in [0, 0.05) is 31.9 Å². The molecule has 244 valence electrons. The highest BCUT2D eigenvalue weighted by atomic mass is 32.1. The number of hydrogen-bond donors (Lipinski definition) is 0. The van der Waals surface area contributed by atoms with Crippen molar-refractivity contribution in [1.29, 1.82) is 0 Å². The smallest absolute Gasteiger partial charge is 0.348 e. The third-order valence-electron chi connectivity index (χ3n) is 8.76. The molecule has 4 heterocycles. The van der Waals surface area contributed by atoms with Crippen LogP contribution in [0.1, 0.15) is 79.8 Å². The van der Waals surface area contributed by atoms with Crippen LogP contribution in [0.25, 0.3) is 10.2 Å². The lowest BCUT2D eigenvalue weighted by atomic mass is 10.00. The number of esters is 1. The summed E-state index contributed by atoms with van der Waals surface area (Å²) in [7, 11) is 1.58. The highest BCUT2D eigenvalue weighted by Gasteiger charge is 2.39. The Morgan fingerprint density at radius 2 is 1.78 bits per heavy atom. The number of methoxy groups -OCH3 is 1. The second kappa shape index (κ2) is 13.9. The van der Waals surface area contributed by atoms with E-state index in [-0.39, 0.29) is 35.4 Å². The first kappa shape index (κ1) is 32.9. The summed E-state index contributed by atoms with van der Waals surface area (Å²) in [6.45, 7) is 9.10. The SMILES string of the molecule is CCOC(=O)c1sc2c(c1C)c(=O)n(C(C)(C)C(=O)N1CCCCC1)c(=O)n2C[C@H](OC1CCOCC1)c1ccccc1OC. The van der Waals surface area contributed by atoms with Gasteiger partial charge in [-0.3, -0.25) is 14.2 Å². The van der Waals surface area contributed by atoms with E-state index in [9.17, 15) is 19.2 Å². The summed E-state index contributed by atoms with van der Waals surface area (Å²) in [5, 5.41) is 0.215. The highest BCUT2D eigenvalue weighted by molar-refractivity contribution is 7.20. The number of hydrogen-bond acceptors (Lipinski definition) is 9. The van der Waals surface area contributed by atoms with Crippen molar-refractivity contribution < 1.29 is 28.5 Å². The van der Waals surface area contributed by atoms with Crippen molar-refractivity contribution in [3.63, 3.8) is 0 Å². The van der Waals surface area contributed by atoms with E-state index >= 15 is 0 Å². The minimum atomic E-state index is -1.48. The molecule has 0 radical (unpaired) electrons. The van der Waals surface area contributed by atoms with Crippen molar-refractivity contribution in [2.24, 2.45) is 0 Å². The van der Waals surface area contributed by atoms with Crippen LogP contribution in [0.2, 0.25) is 0 Å². The van der Waals surface area contributed by atoms with Gasteiger partial charge in [-0.25, -0.2) is 14.2 Å². The van der Waals surface area contributed by atoms with Crippen LogP contribution in [0.4, 0.5) is 0 Å². The van der Waals surface area contributed by atoms with E-state index in [1.165, 1.54) is 4.57 Å². The van der Waals surface area contributed by atoms with Crippen LogP contribution in [0.5, 0.6) is 5.75 Å². The molecule has 45 heavy (non-hydrogen) atoms. The lowest BCUT2D eigenvalue weighted by Gasteiger charge is -2.35. The number of ether oxygens (including phenoxy) is 4. The molecule has 11 nitrogen and oxygen atoms in total. The zero-order chi connectivity index (χ0) is 32.3. The standard InChI is InChI=1S/C33H43N3O8S/c1-6-43-30(38)27-21(2)26-28(37)36(33(3,4)31(39)34-16-10-7-11-17-34)32(40)35(29(26)45-27)20-25(44-22-14-18-42-19-15-22)23-12-8-9-13-24(23)41-5/h8-9,12-13,22,25H,6-7,10-11,14-20H2,1-5H3/t25-/m0/s1. The Kier molecular flexibility index (Phi) is 10.1. The molecule has 12 heteroatoms. The molecule has 0 aliphatic carbocycles. The summed E-state index contributed by atoms with van der Waals surface area (Å²) in [6.07, 6.45) is 3.39. The second-order valence-electron chi connectivity index (χ2n) is 12.1. The summed E-state index contributed by atoms with van der Waals surface area (Å²) in [4.78, 5) is 58.2. The van der Waals surface area contributed by atoms with E-state index in [1.807, 2.05) is 24.3 Å². The molecular formula is C33H43N3O8S. The Labute approximate surface area is 266 Å². The molecule has 2 saturated heterocycles. The minimum absolute atomic E-state index is 0.0174. The Balaban J connectivity index is 1.72. The average Bonchev–Trinajstić information content (AvgIpc) is 3.40. The number of piperidine rings is 1. The number of rotatable bonds is 10. The quantitative estimate of drug-likeness (QED) is 0.299. The van der Waals surface area contributed by atoms with Crippen LogP contribution in [0.15, 0.2) is 33.9 Å². The summed E-state index contributed by atoms with van der Waals surface area (Å²) < 4.78 is 25.8. The molecule has 2 aliphatic rings. The molecule has 1 atom stereocenters.